The molecule has 3 nitrogen and oxygen atoms in total. The molecule has 1 aliphatic heterocycles. The van der Waals surface area contributed by atoms with Crippen LogP contribution in [0.15, 0.2) is 18.2 Å². The molecule has 0 radical (unpaired) electrons. The largest absolute Gasteiger partial charge is 0.398 e. The molecule has 0 aliphatic carbocycles. The van der Waals surface area contributed by atoms with E-state index in [1.165, 1.54) is 0 Å². The summed E-state index contributed by atoms with van der Waals surface area (Å²) in [6.07, 6.45) is 1.05. The fraction of sp³-hybridized carbons (Fsp3) is 0.500. The van der Waals surface area contributed by atoms with Gasteiger partial charge in [-0.1, -0.05) is 17.7 Å². The summed E-state index contributed by atoms with van der Waals surface area (Å²) in [6.45, 7) is 4.58. The van der Waals surface area contributed by atoms with Crippen molar-refractivity contribution in [2.45, 2.75) is 25.4 Å². The Morgan fingerprint density at radius 2 is 2.38 bits per heavy atom. The Morgan fingerprint density at radius 3 is 3.00 bits per heavy atom. The second-order valence-corrected chi connectivity index (χ2v) is 4.98. The minimum atomic E-state index is 0.0911. The van der Waals surface area contributed by atoms with Gasteiger partial charge in [0.2, 0.25) is 0 Å². The summed E-state index contributed by atoms with van der Waals surface area (Å²) in [5.41, 5.74) is 7.52. The topological polar surface area (TPSA) is 47.3 Å². The van der Waals surface area contributed by atoms with Crippen LogP contribution in [0.25, 0.3) is 0 Å². The highest BCUT2D eigenvalue weighted by molar-refractivity contribution is 6.33. The quantitative estimate of drug-likeness (QED) is 0.797. The summed E-state index contributed by atoms with van der Waals surface area (Å²) in [4.78, 5) is 0. The molecular formula is C12H17ClN2O. The molecule has 1 heterocycles. The molecule has 1 aromatic carbocycles. The van der Waals surface area contributed by atoms with Crippen molar-refractivity contribution in [1.29, 1.82) is 0 Å². The zero-order valence-corrected chi connectivity index (χ0v) is 10.2. The first-order valence-corrected chi connectivity index (χ1v) is 5.84. The molecule has 88 valence electrons. The van der Waals surface area contributed by atoms with Crippen LogP contribution < -0.4 is 11.1 Å². The van der Waals surface area contributed by atoms with E-state index in [0.717, 1.165) is 31.7 Å². The highest BCUT2D eigenvalue weighted by Crippen LogP contribution is 2.21. The first-order valence-electron chi connectivity index (χ1n) is 5.46. The van der Waals surface area contributed by atoms with E-state index < -0.39 is 0 Å². The average Bonchev–Trinajstić information content (AvgIpc) is 2.68. The van der Waals surface area contributed by atoms with E-state index in [0.29, 0.717) is 10.7 Å². The van der Waals surface area contributed by atoms with Gasteiger partial charge in [0.05, 0.1) is 17.3 Å². The molecule has 0 saturated carbocycles. The van der Waals surface area contributed by atoms with E-state index >= 15 is 0 Å². The van der Waals surface area contributed by atoms with Gasteiger partial charge in [-0.25, -0.2) is 0 Å². The van der Waals surface area contributed by atoms with Crippen LogP contribution >= 0.6 is 11.6 Å². The monoisotopic (exact) mass is 240 g/mol. The van der Waals surface area contributed by atoms with Crippen LogP contribution in [0.1, 0.15) is 18.9 Å². The van der Waals surface area contributed by atoms with Crippen LogP contribution in [-0.2, 0) is 11.3 Å². The van der Waals surface area contributed by atoms with Crippen molar-refractivity contribution in [2.75, 3.05) is 18.9 Å². The number of anilines is 1. The predicted molar refractivity (Wildman–Crippen MR) is 66.5 cm³/mol. The molecule has 1 fully saturated rings. The number of benzene rings is 1. The Bertz CT molecular complexity index is 375. The molecule has 3 N–H and O–H groups in total. The van der Waals surface area contributed by atoms with Crippen LogP contribution in [0.5, 0.6) is 0 Å². The van der Waals surface area contributed by atoms with Crippen molar-refractivity contribution in [3.8, 4) is 0 Å². The second kappa shape index (κ2) is 4.62. The van der Waals surface area contributed by atoms with Gasteiger partial charge in [0.1, 0.15) is 0 Å². The van der Waals surface area contributed by atoms with Crippen LogP contribution in [0.4, 0.5) is 5.69 Å². The summed E-state index contributed by atoms with van der Waals surface area (Å²) in [7, 11) is 0. The summed E-state index contributed by atoms with van der Waals surface area (Å²) in [6, 6.07) is 5.74. The zero-order chi connectivity index (χ0) is 11.6. The van der Waals surface area contributed by atoms with E-state index in [4.69, 9.17) is 22.1 Å². The molecule has 1 aliphatic rings. The number of nitrogen functional groups attached to an aromatic ring is 1. The van der Waals surface area contributed by atoms with E-state index in [1.807, 2.05) is 18.2 Å². The average molecular weight is 241 g/mol. The van der Waals surface area contributed by atoms with Gasteiger partial charge in [0.25, 0.3) is 0 Å². The van der Waals surface area contributed by atoms with Crippen molar-refractivity contribution in [2.24, 2.45) is 0 Å². The summed E-state index contributed by atoms with van der Waals surface area (Å²) in [5.74, 6) is 0. The van der Waals surface area contributed by atoms with Gasteiger partial charge in [-0.05, 0) is 31.0 Å². The number of nitrogens with two attached hydrogens (primary N) is 1. The third-order valence-corrected chi connectivity index (χ3v) is 3.33. The predicted octanol–water partition coefficient (Wildman–Crippen LogP) is 2.19. The third kappa shape index (κ3) is 2.67. The van der Waals surface area contributed by atoms with Crippen LogP contribution in [-0.4, -0.2) is 18.8 Å². The van der Waals surface area contributed by atoms with E-state index in [-0.39, 0.29) is 5.54 Å². The number of rotatable bonds is 3. The van der Waals surface area contributed by atoms with Gasteiger partial charge in [-0.15, -0.1) is 0 Å². The summed E-state index contributed by atoms with van der Waals surface area (Å²) < 4.78 is 5.38. The lowest BCUT2D eigenvalue weighted by Crippen LogP contribution is -2.42. The highest BCUT2D eigenvalue weighted by atomic mass is 35.5. The summed E-state index contributed by atoms with van der Waals surface area (Å²) >= 11 is 5.97. The maximum Gasteiger partial charge on any atom is 0.0646 e. The van der Waals surface area contributed by atoms with Gasteiger partial charge in [-0.3, -0.25) is 0 Å². The fourth-order valence-electron chi connectivity index (χ4n) is 1.80. The minimum Gasteiger partial charge on any atom is -0.398 e. The molecule has 16 heavy (non-hydrogen) atoms. The molecule has 1 saturated heterocycles. The van der Waals surface area contributed by atoms with E-state index in [2.05, 4.69) is 12.2 Å². The maximum absolute atomic E-state index is 5.97. The number of ether oxygens (including phenoxy) is 1. The lowest BCUT2D eigenvalue weighted by molar-refractivity contribution is 0.171. The smallest absolute Gasteiger partial charge is 0.0646 e. The lowest BCUT2D eigenvalue weighted by Gasteiger charge is -2.23. The van der Waals surface area contributed by atoms with Gasteiger partial charge in [0, 0.05) is 18.7 Å². The van der Waals surface area contributed by atoms with Gasteiger partial charge >= 0.3 is 0 Å². The number of hydrogen-bond donors (Lipinski definition) is 2. The Balaban J connectivity index is 1.96. The normalized spacial score (nSPS) is 24.9. The third-order valence-electron chi connectivity index (χ3n) is 3.00. The molecule has 1 atom stereocenters. The Labute approximate surface area is 101 Å². The maximum atomic E-state index is 5.97. The van der Waals surface area contributed by atoms with Crippen molar-refractivity contribution >= 4 is 17.3 Å². The molecular weight excluding hydrogens is 224 g/mol. The fourth-order valence-corrected chi connectivity index (χ4v) is 2.01. The standard InChI is InChI=1S/C12H17ClN2O/c1-12(4-5-16-8-12)15-7-9-2-3-11(14)10(13)6-9/h2-3,6,15H,4-5,7-8,14H2,1H3. The lowest BCUT2D eigenvalue weighted by atomic mass is 10.0. The molecule has 1 aromatic rings. The van der Waals surface area contributed by atoms with Gasteiger partial charge in [-0.2, -0.15) is 0 Å². The molecule has 2 rings (SSSR count). The van der Waals surface area contributed by atoms with Crippen molar-refractivity contribution < 1.29 is 4.74 Å². The molecule has 0 bridgehead atoms. The van der Waals surface area contributed by atoms with Crippen LogP contribution in [0.3, 0.4) is 0 Å². The molecule has 4 heteroatoms. The van der Waals surface area contributed by atoms with Gasteiger partial charge in [0.15, 0.2) is 0 Å². The first kappa shape index (κ1) is 11.7. The van der Waals surface area contributed by atoms with Crippen LogP contribution in [0, 0.1) is 0 Å². The second-order valence-electron chi connectivity index (χ2n) is 4.57. The van der Waals surface area contributed by atoms with Gasteiger partial charge < -0.3 is 15.8 Å². The number of hydrogen-bond acceptors (Lipinski definition) is 3. The van der Waals surface area contributed by atoms with Crippen molar-refractivity contribution in [3.05, 3.63) is 28.8 Å². The Hall–Kier alpha value is -0.770. The zero-order valence-electron chi connectivity index (χ0n) is 9.42. The molecule has 0 amide bonds. The Morgan fingerprint density at radius 1 is 1.56 bits per heavy atom. The van der Waals surface area contributed by atoms with Crippen molar-refractivity contribution in [1.82, 2.24) is 5.32 Å². The first-order chi connectivity index (χ1) is 7.59. The van der Waals surface area contributed by atoms with Crippen molar-refractivity contribution in [3.63, 3.8) is 0 Å². The minimum absolute atomic E-state index is 0.0911. The molecule has 0 spiro atoms. The number of nitrogens with one attached hydrogen (secondary N) is 1. The van der Waals surface area contributed by atoms with E-state index in [9.17, 15) is 0 Å². The highest BCUT2D eigenvalue weighted by Gasteiger charge is 2.28. The Kier molecular flexibility index (Phi) is 3.38. The number of halogens is 1. The molecule has 1 unspecified atom stereocenters. The van der Waals surface area contributed by atoms with E-state index in [1.54, 1.807) is 0 Å². The summed E-state index contributed by atoms with van der Waals surface area (Å²) in [5, 5.41) is 4.11. The van der Waals surface area contributed by atoms with Crippen LogP contribution in [0.2, 0.25) is 5.02 Å². The SMILES string of the molecule is CC1(NCc2ccc(N)c(Cl)c2)CCOC1. The molecule has 0 aromatic heterocycles.